The molecule has 0 atom stereocenters. The molecule has 10 heavy (non-hydrogen) atoms. The van der Waals surface area contributed by atoms with Crippen LogP contribution in [0.3, 0.4) is 0 Å². The monoisotopic (exact) mass is 134 g/mol. The van der Waals surface area contributed by atoms with Gasteiger partial charge in [-0.3, -0.25) is 4.79 Å². The smallest absolute Gasteiger partial charge is 0.136 e. The van der Waals surface area contributed by atoms with Crippen molar-refractivity contribution in [3.63, 3.8) is 0 Å². The van der Waals surface area contributed by atoms with Crippen molar-refractivity contribution in [3.8, 4) is 12.3 Å². The van der Waals surface area contributed by atoms with Gasteiger partial charge in [-0.2, -0.15) is 0 Å². The van der Waals surface area contributed by atoms with E-state index >= 15 is 0 Å². The van der Waals surface area contributed by atoms with Crippen molar-refractivity contribution < 1.29 is 4.79 Å². The maximum Gasteiger partial charge on any atom is 0.136 e. The van der Waals surface area contributed by atoms with E-state index in [1.165, 1.54) is 5.57 Å². The first-order valence-electron chi connectivity index (χ1n) is 3.46. The van der Waals surface area contributed by atoms with E-state index in [2.05, 4.69) is 5.92 Å². The van der Waals surface area contributed by atoms with Crippen molar-refractivity contribution >= 4 is 5.78 Å². The molecule has 0 unspecified atom stereocenters. The summed E-state index contributed by atoms with van der Waals surface area (Å²) in [6.45, 7) is 0. The third-order valence-corrected chi connectivity index (χ3v) is 1.67. The number of rotatable bonds is 1. The fraction of sp³-hybridized carbons (Fsp3) is 0.444. The van der Waals surface area contributed by atoms with Crippen molar-refractivity contribution in [2.75, 3.05) is 0 Å². The summed E-state index contributed by atoms with van der Waals surface area (Å²) in [5.41, 5.74) is 1.25. The SMILES string of the molecule is C#CCC1=CCC(=O)CC1. The summed E-state index contributed by atoms with van der Waals surface area (Å²) < 4.78 is 0. The van der Waals surface area contributed by atoms with Gasteiger partial charge in [0.1, 0.15) is 5.78 Å². The van der Waals surface area contributed by atoms with Gasteiger partial charge in [-0.1, -0.05) is 11.6 Å². The number of terminal acetylenes is 1. The molecule has 0 amide bonds. The first-order chi connectivity index (χ1) is 4.83. The number of hydrogen-bond donors (Lipinski definition) is 0. The fourth-order valence-corrected chi connectivity index (χ4v) is 1.05. The van der Waals surface area contributed by atoms with Gasteiger partial charge in [0.15, 0.2) is 0 Å². The highest BCUT2D eigenvalue weighted by Gasteiger charge is 2.08. The second-order valence-corrected chi connectivity index (χ2v) is 2.49. The number of hydrogen-bond acceptors (Lipinski definition) is 1. The van der Waals surface area contributed by atoms with Gasteiger partial charge in [-0.25, -0.2) is 0 Å². The summed E-state index contributed by atoms with van der Waals surface area (Å²) in [6, 6.07) is 0. The maximum absolute atomic E-state index is 10.7. The maximum atomic E-state index is 10.7. The van der Waals surface area contributed by atoms with E-state index in [0.717, 1.165) is 6.42 Å². The van der Waals surface area contributed by atoms with Crippen LogP contribution in [-0.4, -0.2) is 5.78 Å². The van der Waals surface area contributed by atoms with Crippen LogP contribution in [0.5, 0.6) is 0 Å². The van der Waals surface area contributed by atoms with E-state index in [1.807, 2.05) is 6.08 Å². The van der Waals surface area contributed by atoms with Gasteiger partial charge < -0.3 is 0 Å². The average Bonchev–Trinajstić information content (AvgIpc) is 1.95. The zero-order valence-electron chi connectivity index (χ0n) is 5.89. The summed E-state index contributed by atoms with van der Waals surface area (Å²) >= 11 is 0. The number of carbonyl (C=O) groups excluding carboxylic acids is 1. The van der Waals surface area contributed by atoms with E-state index in [0.29, 0.717) is 25.0 Å². The Hall–Kier alpha value is -1.03. The van der Waals surface area contributed by atoms with Crippen molar-refractivity contribution in [1.29, 1.82) is 0 Å². The normalized spacial score (nSPS) is 17.9. The molecule has 0 aromatic heterocycles. The highest BCUT2D eigenvalue weighted by molar-refractivity contribution is 5.81. The molecular formula is C9H10O. The Morgan fingerprint density at radius 2 is 2.40 bits per heavy atom. The lowest BCUT2D eigenvalue weighted by molar-refractivity contribution is -0.118. The molecule has 0 spiro atoms. The molecule has 0 bridgehead atoms. The van der Waals surface area contributed by atoms with Crippen molar-refractivity contribution in [2.45, 2.75) is 25.7 Å². The van der Waals surface area contributed by atoms with Gasteiger partial charge in [0.05, 0.1) is 0 Å². The Bertz CT molecular complexity index is 205. The minimum absolute atomic E-state index is 0.334. The molecule has 0 heterocycles. The summed E-state index contributed by atoms with van der Waals surface area (Å²) in [4.78, 5) is 10.7. The summed E-state index contributed by atoms with van der Waals surface area (Å²) in [5.74, 6) is 2.91. The Labute approximate surface area is 61.1 Å². The van der Waals surface area contributed by atoms with E-state index in [1.54, 1.807) is 0 Å². The molecule has 0 aromatic carbocycles. The molecule has 1 heteroatoms. The molecule has 0 N–H and O–H groups in total. The lowest BCUT2D eigenvalue weighted by atomic mass is 9.97. The molecule has 0 aliphatic heterocycles. The van der Waals surface area contributed by atoms with Gasteiger partial charge in [0.25, 0.3) is 0 Å². The van der Waals surface area contributed by atoms with Gasteiger partial charge in [-0.05, 0) is 6.42 Å². The van der Waals surface area contributed by atoms with Crippen LogP contribution in [0.1, 0.15) is 25.7 Å². The second-order valence-electron chi connectivity index (χ2n) is 2.49. The Balaban J connectivity index is 2.50. The van der Waals surface area contributed by atoms with Crippen LogP contribution >= 0.6 is 0 Å². The lowest BCUT2D eigenvalue weighted by Crippen LogP contribution is -2.02. The molecule has 0 saturated heterocycles. The topological polar surface area (TPSA) is 17.1 Å². The summed E-state index contributed by atoms with van der Waals surface area (Å²) in [5, 5.41) is 0. The average molecular weight is 134 g/mol. The predicted octanol–water partition coefficient (Wildman–Crippen LogP) is 1.69. The molecule has 1 aliphatic rings. The van der Waals surface area contributed by atoms with Gasteiger partial charge >= 0.3 is 0 Å². The zero-order valence-corrected chi connectivity index (χ0v) is 5.89. The highest BCUT2D eigenvalue weighted by atomic mass is 16.1. The van der Waals surface area contributed by atoms with E-state index < -0.39 is 0 Å². The van der Waals surface area contributed by atoms with Gasteiger partial charge in [0, 0.05) is 19.3 Å². The quantitative estimate of drug-likeness (QED) is 0.394. The molecule has 1 aliphatic carbocycles. The third-order valence-electron chi connectivity index (χ3n) is 1.67. The van der Waals surface area contributed by atoms with Crippen LogP contribution in [0.2, 0.25) is 0 Å². The second kappa shape index (κ2) is 3.22. The number of allylic oxidation sites excluding steroid dienone is 2. The predicted molar refractivity (Wildman–Crippen MR) is 40.4 cm³/mol. The number of ketones is 1. The Morgan fingerprint density at radius 3 is 2.90 bits per heavy atom. The first kappa shape index (κ1) is 7.08. The summed E-state index contributed by atoms with van der Waals surface area (Å²) in [7, 11) is 0. The van der Waals surface area contributed by atoms with Gasteiger partial charge in [-0.15, -0.1) is 12.3 Å². The van der Waals surface area contributed by atoms with E-state index in [-0.39, 0.29) is 0 Å². The lowest BCUT2D eigenvalue weighted by Gasteiger charge is -2.07. The molecule has 52 valence electrons. The number of Topliss-reactive ketones (excluding diaryl/α,β-unsaturated/α-hetero) is 1. The summed E-state index contributed by atoms with van der Waals surface area (Å²) in [6.07, 6.45) is 9.96. The molecule has 1 rings (SSSR count). The van der Waals surface area contributed by atoms with Crippen LogP contribution in [0.15, 0.2) is 11.6 Å². The molecular weight excluding hydrogens is 124 g/mol. The van der Waals surface area contributed by atoms with Crippen LogP contribution in [0, 0.1) is 12.3 Å². The van der Waals surface area contributed by atoms with Crippen molar-refractivity contribution in [1.82, 2.24) is 0 Å². The van der Waals surface area contributed by atoms with Crippen LogP contribution in [0.4, 0.5) is 0 Å². The molecule has 0 aromatic rings. The van der Waals surface area contributed by atoms with Crippen molar-refractivity contribution in [2.24, 2.45) is 0 Å². The minimum Gasteiger partial charge on any atom is -0.299 e. The van der Waals surface area contributed by atoms with E-state index in [9.17, 15) is 4.79 Å². The first-order valence-corrected chi connectivity index (χ1v) is 3.46. The van der Waals surface area contributed by atoms with Crippen LogP contribution in [0.25, 0.3) is 0 Å². The van der Waals surface area contributed by atoms with Crippen LogP contribution < -0.4 is 0 Å². The van der Waals surface area contributed by atoms with E-state index in [4.69, 9.17) is 6.42 Å². The van der Waals surface area contributed by atoms with Crippen molar-refractivity contribution in [3.05, 3.63) is 11.6 Å². The molecule has 0 radical (unpaired) electrons. The molecule has 0 saturated carbocycles. The highest BCUT2D eigenvalue weighted by Crippen LogP contribution is 2.16. The standard InChI is InChI=1S/C9H10O/c1-2-3-8-4-6-9(10)7-5-8/h1,4H,3,5-7H2. The zero-order chi connectivity index (χ0) is 7.40. The third kappa shape index (κ3) is 1.73. The molecule has 1 nitrogen and oxygen atoms in total. The Morgan fingerprint density at radius 1 is 1.60 bits per heavy atom. The van der Waals surface area contributed by atoms with Crippen LogP contribution in [-0.2, 0) is 4.79 Å². The number of carbonyl (C=O) groups is 1. The minimum atomic E-state index is 0.334. The Kier molecular flexibility index (Phi) is 2.28. The fourth-order valence-electron chi connectivity index (χ4n) is 1.05. The van der Waals surface area contributed by atoms with Gasteiger partial charge in [0.2, 0.25) is 0 Å². The largest absolute Gasteiger partial charge is 0.299 e. The molecule has 0 fully saturated rings.